The van der Waals surface area contributed by atoms with E-state index >= 15 is 0 Å². The molecule has 1 aromatic heterocycles. The number of carbonyl (C=O) groups is 2. The van der Waals surface area contributed by atoms with Gasteiger partial charge < -0.3 is 10.1 Å². The number of hydrogen-bond donors (Lipinski definition) is 3. The second kappa shape index (κ2) is 5.92. The van der Waals surface area contributed by atoms with Gasteiger partial charge in [0.25, 0.3) is 0 Å². The molecule has 0 unspecified atom stereocenters. The molecule has 8 heteroatoms. The topological polar surface area (TPSA) is 121 Å². The first kappa shape index (κ1) is 13.8. The standard InChI is InChI=1S/C10H13N3O5/c1-5-7(6(2)12-10(17)11-5)3-8(14)13-18-4-9(15)16/h3-4H2,1-2H3,(H,13,14)(H,15,16)(H,11,12,17). The first-order chi connectivity index (χ1) is 8.40. The lowest BCUT2D eigenvalue weighted by Crippen LogP contribution is -2.29. The molecule has 0 aliphatic carbocycles. The van der Waals surface area contributed by atoms with Gasteiger partial charge in [0.15, 0.2) is 6.61 Å². The molecule has 1 aromatic rings. The molecule has 0 spiro atoms. The van der Waals surface area contributed by atoms with E-state index in [0.29, 0.717) is 17.0 Å². The number of H-pyrrole nitrogens is 1. The summed E-state index contributed by atoms with van der Waals surface area (Å²) in [5, 5.41) is 8.31. The molecule has 1 heterocycles. The zero-order chi connectivity index (χ0) is 13.7. The second-order valence-electron chi connectivity index (χ2n) is 3.62. The maximum Gasteiger partial charge on any atom is 0.345 e. The van der Waals surface area contributed by atoms with E-state index in [1.165, 1.54) is 0 Å². The number of nitrogens with one attached hydrogen (secondary N) is 2. The van der Waals surface area contributed by atoms with Crippen LogP contribution >= 0.6 is 0 Å². The van der Waals surface area contributed by atoms with Gasteiger partial charge in [-0.3, -0.25) is 9.63 Å². The van der Waals surface area contributed by atoms with E-state index in [2.05, 4.69) is 14.8 Å². The van der Waals surface area contributed by atoms with Gasteiger partial charge in [-0.2, -0.15) is 4.98 Å². The number of aromatic nitrogens is 2. The van der Waals surface area contributed by atoms with Crippen molar-refractivity contribution in [2.45, 2.75) is 20.3 Å². The summed E-state index contributed by atoms with van der Waals surface area (Å²) in [5.74, 6) is -1.70. The number of carboxylic acids is 1. The van der Waals surface area contributed by atoms with E-state index in [4.69, 9.17) is 5.11 Å². The van der Waals surface area contributed by atoms with Crippen molar-refractivity contribution in [2.24, 2.45) is 0 Å². The van der Waals surface area contributed by atoms with Crippen molar-refractivity contribution >= 4 is 11.9 Å². The number of hydrogen-bond acceptors (Lipinski definition) is 5. The summed E-state index contributed by atoms with van der Waals surface area (Å²) in [7, 11) is 0. The van der Waals surface area contributed by atoms with Crippen LogP contribution in [0.4, 0.5) is 0 Å². The number of aryl methyl sites for hydroxylation is 2. The van der Waals surface area contributed by atoms with Crippen LogP contribution in [-0.4, -0.2) is 33.6 Å². The van der Waals surface area contributed by atoms with E-state index in [1.807, 2.05) is 5.48 Å². The predicted molar refractivity (Wildman–Crippen MR) is 59.8 cm³/mol. The molecule has 98 valence electrons. The molecule has 0 bridgehead atoms. The molecule has 0 aliphatic heterocycles. The van der Waals surface area contributed by atoms with Crippen molar-refractivity contribution in [1.29, 1.82) is 0 Å². The van der Waals surface area contributed by atoms with Crippen LogP contribution in [0, 0.1) is 13.8 Å². The number of hydroxylamine groups is 1. The van der Waals surface area contributed by atoms with Crippen molar-refractivity contribution < 1.29 is 19.5 Å². The van der Waals surface area contributed by atoms with Gasteiger partial charge >= 0.3 is 11.7 Å². The largest absolute Gasteiger partial charge is 0.479 e. The molecule has 1 amide bonds. The van der Waals surface area contributed by atoms with E-state index in [1.54, 1.807) is 13.8 Å². The number of nitrogens with zero attached hydrogens (tertiary/aromatic N) is 1. The summed E-state index contributed by atoms with van der Waals surface area (Å²) >= 11 is 0. The minimum absolute atomic E-state index is 0.0545. The number of carboxylic acid groups (broad SMARTS) is 1. The van der Waals surface area contributed by atoms with Crippen LogP contribution in [0.15, 0.2) is 4.79 Å². The third-order valence-electron chi connectivity index (χ3n) is 2.17. The van der Waals surface area contributed by atoms with Crippen LogP contribution < -0.4 is 11.2 Å². The minimum Gasteiger partial charge on any atom is -0.479 e. The predicted octanol–water partition coefficient (Wildman–Crippen LogP) is -0.938. The van der Waals surface area contributed by atoms with Crippen LogP contribution in [0.25, 0.3) is 0 Å². The molecule has 0 radical (unpaired) electrons. The minimum atomic E-state index is -1.19. The Hall–Kier alpha value is -2.22. The van der Waals surface area contributed by atoms with E-state index in [-0.39, 0.29) is 6.42 Å². The van der Waals surface area contributed by atoms with Gasteiger partial charge in [0.05, 0.1) is 6.42 Å². The van der Waals surface area contributed by atoms with Gasteiger partial charge in [-0.05, 0) is 13.8 Å². The lowest BCUT2D eigenvalue weighted by atomic mass is 10.1. The number of aromatic amines is 1. The molecular formula is C10H13N3O5. The lowest BCUT2D eigenvalue weighted by Gasteiger charge is -2.08. The van der Waals surface area contributed by atoms with Gasteiger partial charge in [-0.25, -0.2) is 15.1 Å². The molecule has 3 N–H and O–H groups in total. The highest BCUT2D eigenvalue weighted by Gasteiger charge is 2.11. The highest BCUT2D eigenvalue weighted by molar-refractivity contribution is 5.78. The fourth-order valence-electron chi connectivity index (χ4n) is 1.39. The number of aliphatic carboxylic acids is 1. The molecule has 1 rings (SSSR count). The Morgan fingerprint density at radius 2 is 2.11 bits per heavy atom. The van der Waals surface area contributed by atoms with Crippen molar-refractivity contribution in [3.8, 4) is 0 Å². The molecule has 0 fully saturated rings. The second-order valence-corrected chi connectivity index (χ2v) is 3.62. The van der Waals surface area contributed by atoms with Crippen LogP contribution in [0.1, 0.15) is 17.0 Å². The summed E-state index contributed by atoms with van der Waals surface area (Å²) in [4.78, 5) is 43.2. The molecule has 8 nitrogen and oxygen atoms in total. The summed E-state index contributed by atoms with van der Waals surface area (Å²) in [5.41, 5.74) is 3.08. The van der Waals surface area contributed by atoms with Crippen molar-refractivity contribution in [2.75, 3.05) is 6.61 Å². The third kappa shape index (κ3) is 3.98. The van der Waals surface area contributed by atoms with Crippen LogP contribution in [0.5, 0.6) is 0 Å². The van der Waals surface area contributed by atoms with E-state index < -0.39 is 24.2 Å². The molecule has 18 heavy (non-hydrogen) atoms. The molecular weight excluding hydrogens is 242 g/mol. The average Bonchev–Trinajstić information content (AvgIpc) is 2.22. The number of amides is 1. The number of carbonyl (C=O) groups excluding carboxylic acids is 1. The summed E-state index contributed by atoms with van der Waals surface area (Å²) in [6, 6.07) is 0. The number of rotatable bonds is 5. The quantitative estimate of drug-likeness (QED) is 0.584. The Kier molecular flexibility index (Phi) is 4.55. The molecule has 0 aliphatic rings. The Morgan fingerprint density at radius 3 is 2.67 bits per heavy atom. The van der Waals surface area contributed by atoms with Gasteiger partial charge in [-0.1, -0.05) is 0 Å². The average molecular weight is 255 g/mol. The van der Waals surface area contributed by atoms with Crippen molar-refractivity contribution in [1.82, 2.24) is 15.4 Å². The van der Waals surface area contributed by atoms with Gasteiger partial charge in [0.1, 0.15) is 0 Å². The Balaban J connectivity index is 2.65. The van der Waals surface area contributed by atoms with Crippen molar-refractivity contribution in [3.63, 3.8) is 0 Å². The highest BCUT2D eigenvalue weighted by atomic mass is 16.7. The first-order valence-electron chi connectivity index (χ1n) is 5.09. The Labute approximate surface area is 102 Å². The SMILES string of the molecule is Cc1nc(=O)[nH]c(C)c1CC(=O)NOCC(=O)O. The van der Waals surface area contributed by atoms with Gasteiger partial charge in [-0.15, -0.1) is 0 Å². The normalized spacial score (nSPS) is 10.1. The Morgan fingerprint density at radius 1 is 1.44 bits per heavy atom. The van der Waals surface area contributed by atoms with Gasteiger partial charge in [0.2, 0.25) is 5.91 Å². The molecule has 0 atom stereocenters. The molecule has 0 saturated heterocycles. The van der Waals surface area contributed by atoms with E-state index in [9.17, 15) is 14.4 Å². The van der Waals surface area contributed by atoms with Crippen LogP contribution in [0.2, 0.25) is 0 Å². The van der Waals surface area contributed by atoms with E-state index in [0.717, 1.165) is 0 Å². The first-order valence-corrected chi connectivity index (χ1v) is 5.09. The smallest absolute Gasteiger partial charge is 0.345 e. The molecule has 0 aromatic carbocycles. The Bertz CT molecular complexity index is 496. The third-order valence-corrected chi connectivity index (χ3v) is 2.17. The zero-order valence-electron chi connectivity index (χ0n) is 9.94. The van der Waals surface area contributed by atoms with Crippen LogP contribution in [0.3, 0.4) is 0 Å². The zero-order valence-corrected chi connectivity index (χ0v) is 9.94. The summed E-state index contributed by atoms with van der Waals surface area (Å²) < 4.78 is 0. The molecule has 0 saturated carbocycles. The monoisotopic (exact) mass is 255 g/mol. The maximum atomic E-state index is 11.4. The fourth-order valence-corrected chi connectivity index (χ4v) is 1.39. The summed E-state index contributed by atoms with van der Waals surface area (Å²) in [6.07, 6.45) is -0.0545. The summed E-state index contributed by atoms with van der Waals surface area (Å²) in [6.45, 7) is 2.65. The fraction of sp³-hybridized carbons (Fsp3) is 0.400. The van der Waals surface area contributed by atoms with Gasteiger partial charge in [0, 0.05) is 17.0 Å². The van der Waals surface area contributed by atoms with Crippen LogP contribution in [-0.2, 0) is 20.8 Å². The van der Waals surface area contributed by atoms with Crippen molar-refractivity contribution in [3.05, 3.63) is 27.4 Å². The lowest BCUT2D eigenvalue weighted by molar-refractivity contribution is -0.149. The highest BCUT2D eigenvalue weighted by Crippen LogP contribution is 2.07. The maximum absolute atomic E-state index is 11.4.